The maximum absolute atomic E-state index is 11.1. The van der Waals surface area contributed by atoms with E-state index in [-0.39, 0.29) is 6.16 Å². The van der Waals surface area contributed by atoms with E-state index in [1.807, 2.05) is 6.92 Å². The van der Waals surface area contributed by atoms with Gasteiger partial charge in [0.2, 0.25) is 0 Å². The molecule has 0 aromatic rings. The van der Waals surface area contributed by atoms with E-state index in [4.69, 9.17) is 10.6 Å². The highest BCUT2D eigenvalue weighted by Gasteiger charge is 2.17. The van der Waals surface area contributed by atoms with Crippen molar-refractivity contribution in [3.8, 4) is 0 Å². The van der Waals surface area contributed by atoms with Gasteiger partial charge in [0.15, 0.2) is 0 Å². The van der Waals surface area contributed by atoms with Crippen LogP contribution in [0.3, 0.4) is 0 Å². The summed E-state index contributed by atoms with van der Waals surface area (Å²) in [4.78, 5) is 9.15. The smallest absolute Gasteiger partial charge is 0.329 e. The maximum atomic E-state index is 11.1. The van der Waals surface area contributed by atoms with E-state index < -0.39 is 7.60 Å². The van der Waals surface area contributed by atoms with Gasteiger partial charge in [-0.05, 0) is 6.42 Å². The Labute approximate surface area is 84.7 Å². The lowest BCUT2D eigenvalue weighted by molar-refractivity contribution is 0.167. The largest absolute Gasteiger partial charge is 0.344 e. The number of nitrogens with one attached hydrogen (secondary N) is 2. The Balaban J connectivity index is 3.30. The molecule has 0 aliphatic heterocycles. The highest BCUT2D eigenvalue weighted by atomic mass is 31.2. The van der Waals surface area contributed by atoms with Gasteiger partial charge in [0.05, 0.1) is 6.16 Å². The number of nitrogens with two attached hydrogens (primary N) is 1. The molecule has 0 heterocycles. The topological polar surface area (TPSA) is 96.6 Å². The van der Waals surface area contributed by atoms with Crippen LogP contribution >= 0.6 is 7.60 Å². The van der Waals surface area contributed by atoms with E-state index in [0.29, 0.717) is 26.1 Å². The van der Waals surface area contributed by atoms with E-state index in [1.165, 1.54) is 0 Å². The zero-order chi connectivity index (χ0) is 10.9. The van der Waals surface area contributed by atoms with E-state index in [2.05, 4.69) is 15.4 Å². The molecule has 0 saturated heterocycles. The summed E-state index contributed by atoms with van der Waals surface area (Å²) in [5.41, 5.74) is 7.71. The van der Waals surface area contributed by atoms with Crippen molar-refractivity contribution in [3.63, 3.8) is 0 Å². The molecule has 7 heteroatoms. The van der Waals surface area contributed by atoms with Crippen molar-refractivity contribution in [3.05, 3.63) is 0 Å². The van der Waals surface area contributed by atoms with Crippen LogP contribution in [-0.4, -0.2) is 37.2 Å². The van der Waals surface area contributed by atoms with Gasteiger partial charge in [-0.3, -0.25) is 4.57 Å². The maximum Gasteiger partial charge on any atom is 0.344 e. The minimum atomic E-state index is -3.41. The van der Waals surface area contributed by atoms with E-state index in [9.17, 15) is 4.57 Å². The van der Waals surface area contributed by atoms with Gasteiger partial charge >= 0.3 is 7.60 Å². The fourth-order valence-electron chi connectivity index (χ4n) is 0.841. The number of hydrogen-bond acceptors (Lipinski definition) is 5. The molecule has 0 saturated carbocycles. The summed E-state index contributed by atoms with van der Waals surface area (Å²) in [6.45, 7) is 4.27. The van der Waals surface area contributed by atoms with Crippen molar-refractivity contribution in [1.29, 1.82) is 0 Å². The number of hydroxylamine groups is 1. The first-order valence-electron chi connectivity index (χ1n) is 4.76. The van der Waals surface area contributed by atoms with Crippen molar-refractivity contribution in [1.82, 2.24) is 10.8 Å². The monoisotopic (exact) mass is 225 g/mol. The SMILES string of the molecule is CCCP(=O)(O)ONCCNCCN. The number of hydrogen-bond donors (Lipinski definition) is 4. The first-order valence-corrected chi connectivity index (χ1v) is 6.52. The molecule has 1 unspecified atom stereocenters. The molecule has 0 aromatic heterocycles. The molecule has 0 amide bonds. The minimum Gasteiger partial charge on any atom is -0.329 e. The van der Waals surface area contributed by atoms with Crippen LogP contribution < -0.4 is 16.5 Å². The summed E-state index contributed by atoms with van der Waals surface area (Å²) in [6, 6.07) is 0. The Morgan fingerprint density at radius 3 is 2.71 bits per heavy atom. The van der Waals surface area contributed by atoms with Crippen molar-refractivity contribution < 1.29 is 14.1 Å². The lowest BCUT2D eigenvalue weighted by Gasteiger charge is -2.11. The van der Waals surface area contributed by atoms with Crippen LogP contribution in [-0.2, 0) is 9.19 Å². The quantitative estimate of drug-likeness (QED) is 0.243. The summed E-state index contributed by atoms with van der Waals surface area (Å²) in [7, 11) is -3.41. The van der Waals surface area contributed by atoms with Crippen LogP contribution in [0, 0.1) is 0 Å². The standard InChI is InChI=1S/C7H20N3O3P/c1-2-7-14(11,12)13-10-6-5-9-4-3-8/h9-10H,2-8H2,1H3,(H,11,12). The molecular formula is C7H20N3O3P. The second-order valence-electron chi connectivity index (χ2n) is 2.89. The van der Waals surface area contributed by atoms with Crippen LogP contribution in [0.25, 0.3) is 0 Å². The van der Waals surface area contributed by atoms with Gasteiger partial charge in [0.25, 0.3) is 0 Å². The predicted molar refractivity (Wildman–Crippen MR) is 56.0 cm³/mol. The van der Waals surface area contributed by atoms with Crippen LogP contribution in [0.15, 0.2) is 0 Å². The molecule has 0 rings (SSSR count). The molecule has 14 heavy (non-hydrogen) atoms. The third-order valence-electron chi connectivity index (χ3n) is 1.44. The highest BCUT2D eigenvalue weighted by molar-refractivity contribution is 7.52. The van der Waals surface area contributed by atoms with E-state index in [0.717, 1.165) is 6.54 Å². The Morgan fingerprint density at radius 2 is 2.14 bits per heavy atom. The molecular weight excluding hydrogens is 205 g/mol. The van der Waals surface area contributed by atoms with Gasteiger partial charge in [-0.15, -0.1) is 0 Å². The van der Waals surface area contributed by atoms with Gasteiger partial charge in [-0.2, -0.15) is 5.48 Å². The zero-order valence-corrected chi connectivity index (χ0v) is 9.43. The lowest BCUT2D eigenvalue weighted by atomic mass is 10.6. The Bertz CT molecular complexity index is 180. The van der Waals surface area contributed by atoms with E-state index >= 15 is 0 Å². The van der Waals surface area contributed by atoms with Crippen LogP contribution in [0.4, 0.5) is 0 Å². The zero-order valence-electron chi connectivity index (χ0n) is 8.53. The molecule has 0 bridgehead atoms. The Kier molecular flexibility index (Phi) is 8.37. The normalized spacial score (nSPS) is 15.4. The van der Waals surface area contributed by atoms with Crippen LogP contribution in [0.1, 0.15) is 13.3 Å². The summed E-state index contributed by atoms with van der Waals surface area (Å²) < 4.78 is 15.8. The molecule has 5 N–H and O–H groups in total. The molecule has 0 radical (unpaired) electrons. The summed E-state index contributed by atoms with van der Waals surface area (Å²) >= 11 is 0. The highest BCUT2D eigenvalue weighted by Crippen LogP contribution is 2.40. The molecule has 0 spiro atoms. The van der Waals surface area contributed by atoms with Gasteiger partial charge in [0.1, 0.15) is 0 Å². The molecule has 0 fully saturated rings. The van der Waals surface area contributed by atoms with Crippen LogP contribution in [0.5, 0.6) is 0 Å². The van der Waals surface area contributed by atoms with Gasteiger partial charge in [-0.1, -0.05) is 6.92 Å². The minimum absolute atomic E-state index is 0.177. The molecule has 0 aliphatic rings. The van der Waals surface area contributed by atoms with Crippen molar-refractivity contribution >= 4 is 7.60 Å². The van der Waals surface area contributed by atoms with Crippen molar-refractivity contribution in [2.75, 3.05) is 32.3 Å². The predicted octanol–water partition coefficient (Wildman–Crippen LogP) is -0.349. The van der Waals surface area contributed by atoms with E-state index in [1.54, 1.807) is 0 Å². The van der Waals surface area contributed by atoms with Gasteiger partial charge < -0.3 is 15.9 Å². The van der Waals surface area contributed by atoms with Gasteiger partial charge in [0, 0.05) is 26.2 Å². The second kappa shape index (κ2) is 8.35. The fourth-order valence-corrected chi connectivity index (χ4v) is 1.79. The summed E-state index contributed by atoms with van der Waals surface area (Å²) in [5, 5.41) is 3.01. The van der Waals surface area contributed by atoms with Crippen molar-refractivity contribution in [2.24, 2.45) is 5.73 Å². The molecule has 86 valence electrons. The third kappa shape index (κ3) is 8.62. The number of rotatable bonds is 9. The fraction of sp³-hybridized carbons (Fsp3) is 1.00. The van der Waals surface area contributed by atoms with Gasteiger partial charge in [-0.25, -0.2) is 4.62 Å². The van der Waals surface area contributed by atoms with Crippen molar-refractivity contribution in [2.45, 2.75) is 13.3 Å². The molecule has 1 atom stereocenters. The average molecular weight is 225 g/mol. The second-order valence-corrected chi connectivity index (χ2v) is 4.79. The molecule has 6 nitrogen and oxygen atoms in total. The molecule has 0 aliphatic carbocycles. The first-order chi connectivity index (χ1) is 6.62. The summed E-state index contributed by atoms with van der Waals surface area (Å²) in [6.07, 6.45) is 0.803. The Hall–Kier alpha value is 0.0300. The van der Waals surface area contributed by atoms with Crippen LogP contribution in [0.2, 0.25) is 0 Å². The average Bonchev–Trinajstić information content (AvgIpc) is 2.11. The third-order valence-corrected chi connectivity index (χ3v) is 2.87. The Morgan fingerprint density at radius 1 is 1.43 bits per heavy atom. The summed E-state index contributed by atoms with van der Waals surface area (Å²) in [5.74, 6) is 0. The first kappa shape index (κ1) is 14.0. The lowest BCUT2D eigenvalue weighted by Crippen LogP contribution is -2.30. The molecule has 0 aromatic carbocycles.